The molecular formula is C22H14O8. The molecular weight excluding hydrogens is 392 g/mol. The minimum absolute atomic E-state index is 0.135. The quantitative estimate of drug-likeness (QED) is 0.483. The number of hydrogen-bond acceptors (Lipinski definition) is 4. The molecule has 150 valence electrons. The van der Waals surface area contributed by atoms with E-state index in [0.29, 0.717) is 11.1 Å². The Bertz CT molecular complexity index is 1120. The summed E-state index contributed by atoms with van der Waals surface area (Å²) < 4.78 is 0. The van der Waals surface area contributed by atoms with Crippen LogP contribution in [0.1, 0.15) is 41.4 Å². The van der Waals surface area contributed by atoms with Gasteiger partial charge >= 0.3 is 23.9 Å². The second-order valence-corrected chi connectivity index (χ2v) is 6.26. The smallest absolute Gasteiger partial charge is 0.337 e. The Morgan fingerprint density at radius 2 is 0.867 bits per heavy atom. The number of hydrogen-bond donors (Lipinski definition) is 4. The summed E-state index contributed by atoms with van der Waals surface area (Å²) in [6.45, 7) is 0. The molecule has 0 atom stereocenters. The minimum atomic E-state index is -1.42. The van der Waals surface area contributed by atoms with E-state index in [1.807, 2.05) is 0 Å². The van der Waals surface area contributed by atoms with Gasteiger partial charge in [-0.2, -0.15) is 0 Å². The van der Waals surface area contributed by atoms with Crippen LogP contribution >= 0.6 is 0 Å². The van der Waals surface area contributed by atoms with E-state index in [1.54, 1.807) is 18.2 Å². The van der Waals surface area contributed by atoms with Gasteiger partial charge in [0.1, 0.15) is 0 Å². The number of rotatable bonds is 6. The van der Waals surface area contributed by atoms with Crippen LogP contribution in [0.3, 0.4) is 0 Å². The van der Waals surface area contributed by atoms with Crippen molar-refractivity contribution in [3.05, 3.63) is 82.9 Å². The van der Waals surface area contributed by atoms with E-state index in [0.717, 1.165) is 0 Å². The van der Waals surface area contributed by atoms with Gasteiger partial charge in [0, 0.05) is 0 Å². The Morgan fingerprint density at radius 1 is 0.500 bits per heavy atom. The van der Waals surface area contributed by atoms with Gasteiger partial charge < -0.3 is 20.4 Å². The van der Waals surface area contributed by atoms with Crippen molar-refractivity contribution in [3.63, 3.8) is 0 Å². The molecule has 0 unspecified atom stereocenters. The summed E-state index contributed by atoms with van der Waals surface area (Å²) in [5.41, 5.74) is -0.630. The van der Waals surface area contributed by atoms with Crippen molar-refractivity contribution >= 4 is 23.9 Å². The highest BCUT2D eigenvalue weighted by atomic mass is 16.4. The largest absolute Gasteiger partial charge is 0.478 e. The molecule has 3 rings (SSSR count). The molecule has 0 bridgehead atoms. The van der Waals surface area contributed by atoms with Crippen LogP contribution in [0.15, 0.2) is 60.7 Å². The third-order valence-electron chi connectivity index (χ3n) is 4.50. The van der Waals surface area contributed by atoms with Crippen LogP contribution in [-0.4, -0.2) is 44.3 Å². The standard InChI is InChI=1S/C22H14O8/c23-19(24)15-8-2-6-13(17(15)21(27)28)11-4-1-5-12(10-11)14-7-3-9-16(20(25)26)18(14)22(29)30/h1-10H,(H,23,24)(H,25,26)(H,27,28)(H,29,30). The highest BCUT2D eigenvalue weighted by Crippen LogP contribution is 2.32. The highest BCUT2D eigenvalue weighted by Gasteiger charge is 2.23. The molecule has 4 N–H and O–H groups in total. The van der Waals surface area contributed by atoms with Crippen molar-refractivity contribution < 1.29 is 39.6 Å². The van der Waals surface area contributed by atoms with E-state index in [-0.39, 0.29) is 22.3 Å². The van der Waals surface area contributed by atoms with E-state index in [4.69, 9.17) is 0 Å². The van der Waals surface area contributed by atoms with Crippen LogP contribution in [0.4, 0.5) is 0 Å². The lowest BCUT2D eigenvalue weighted by Gasteiger charge is -2.13. The molecule has 30 heavy (non-hydrogen) atoms. The zero-order chi connectivity index (χ0) is 22.0. The van der Waals surface area contributed by atoms with Gasteiger partial charge in [-0.05, 0) is 40.5 Å². The van der Waals surface area contributed by atoms with E-state index < -0.39 is 35.0 Å². The maximum absolute atomic E-state index is 11.7. The molecule has 3 aromatic rings. The van der Waals surface area contributed by atoms with E-state index in [1.165, 1.54) is 42.5 Å². The lowest BCUT2D eigenvalue weighted by atomic mass is 9.91. The average molecular weight is 406 g/mol. The predicted octanol–water partition coefficient (Wildman–Crippen LogP) is 3.81. The van der Waals surface area contributed by atoms with Crippen LogP contribution < -0.4 is 0 Å². The average Bonchev–Trinajstić information content (AvgIpc) is 2.72. The summed E-state index contributed by atoms with van der Waals surface area (Å²) in [4.78, 5) is 46.3. The van der Waals surface area contributed by atoms with Crippen molar-refractivity contribution in [2.45, 2.75) is 0 Å². The first kappa shape index (κ1) is 20.3. The van der Waals surface area contributed by atoms with Crippen LogP contribution in [0.5, 0.6) is 0 Å². The van der Waals surface area contributed by atoms with Gasteiger partial charge in [-0.1, -0.05) is 42.5 Å². The molecule has 0 aliphatic carbocycles. The number of carboxylic acid groups (broad SMARTS) is 4. The summed E-state index contributed by atoms with van der Waals surface area (Å²) in [5, 5.41) is 37.7. The van der Waals surface area contributed by atoms with Crippen molar-refractivity contribution in [2.24, 2.45) is 0 Å². The van der Waals surface area contributed by atoms with Crippen molar-refractivity contribution in [1.82, 2.24) is 0 Å². The first-order valence-corrected chi connectivity index (χ1v) is 8.52. The summed E-state index contributed by atoms with van der Waals surface area (Å²) in [5.74, 6) is -5.64. The molecule has 0 amide bonds. The first-order valence-electron chi connectivity index (χ1n) is 8.52. The Labute approximate surface area is 169 Å². The maximum atomic E-state index is 11.7. The van der Waals surface area contributed by atoms with Crippen LogP contribution in [0, 0.1) is 0 Å². The lowest BCUT2D eigenvalue weighted by molar-refractivity contribution is 0.0652. The third-order valence-corrected chi connectivity index (χ3v) is 4.50. The Kier molecular flexibility index (Phi) is 5.33. The monoisotopic (exact) mass is 406 g/mol. The third kappa shape index (κ3) is 3.61. The zero-order valence-electron chi connectivity index (χ0n) is 15.2. The fraction of sp³-hybridized carbons (Fsp3) is 0. The van der Waals surface area contributed by atoms with Gasteiger partial charge in [-0.25, -0.2) is 19.2 Å². The van der Waals surface area contributed by atoms with Gasteiger partial charge in [0.2, 0.25) is 0 Å². The number of benzene rings is 3. The molecule has 8 heteroatoms. The van der Waals surface area contributed by atoms with Gasteiger partial charge in [-0.15, -0.1) is 0 Å². The Balaban J connectivity index is 2.26. The molecule has 0 saturated heterocycles. The molecule has 0 aromatic heterocycles. The Morgan fingerprint density at radius 3 is 1.20 bits per heavy atom. The molecule has 3 aromatic carbocycles. The normalized spacial score (nSPS) is 10.4. The molecule has 0 aliphatic heterocycles. The number of aromatic carboxylic acids is 4. The first-order chi connectivity index (χ1) is 14.2. The molecule has 0 radical (unpaired) electrons. The zero-order valence-corrected chi connectivity index (χ0v) is 15.2. The van der Waals surface area contributed by atoms with Crippen LogP contribution in [0.2, 0.25) is 0 Å². The predicted molar refractivity (Wildman–Crippen MR) is 105 cm³/mol. The summed E-state index contributed by atoms with van der Waals surface area (Å²) in [6, 6.07) is 14.2. The van der Waals surface area contributed by atoms with Crippen LogP contribution in [-0.2, 0) is 0 Å². The van der Waals surface area contributed by atoms with Gasteiger partial charge in [0.15, 0.2) is 0 Å². The topological polar surface area (TPSA) is 149 Å². The van der Waals surface area contributed by atoms with Crippen molar-refractivity contribution in [1.29, 1.82) is 0 Å². The SMILES string of the molecule is O=C(O)c1cccc(-c2cccc(-c3cccc(C(=O)O)c3C(=O)O)c2)c1C(=O)O. The molecule has 0 fully saturated rings. The highest BCUT2D eigenvalue weighted by molar-refractivity contribution is 6.08. The molecule has 0 aliphatic rings. The fourth-order valence-corrected chi connectivity index (χ4v) is 3.26. The number of carboxylic acids is 4. The van der Waals surface area contributed by atoms with Gasteiger partial charge in [0.05, 0.1) is 22.3 Å². The molecule has 8 nitrogen and oxygen atoms in total. The van der Waals surface area contributed by atoms with E-state index in [2.05, 4.69) is 0 Å². The van der Waals surface area contributed by atoms with Gasteiger partial charge in [-0.3, -0.25) is 0 Å². The summed E-state index contributed by atoms with van der Waals surface area (Å²) in [7, 11) is 0. The lowest BCUT2D eigenvalue weighted by Crippen LogP contribution is -2.10. The second-order valence-electron chi connectivity index (χ2n) is 6.26. The molecule has 0 saturated carbocycles. The van der Waals surface area contributed by atoms with Crippen molar-refractivity contribution in [3.8, 4) is 22.3 Å². The molecule has 0 spiro atoms. The maximum Gasteiger partial charge on any atom is 0.337 e. The van der Waals surface area contributed by atoms with Gasteiger partial charge in [0.25, 0.3) is 0 Å². The van der Waals surface area contributed by atoms with E-state index in [9.17, 15) is 39.6 Å². The van der Waals surface area contributed by atoms with Crippen molar-refractivity contribution in [2.75, 3.05) is 0 Å². The molecule has 0 heterocycles. The number of carbonyl (C=O) groups is 4. The Hall–Kier alpha value is -4.46. The fourth-order valence-electron chi connectivity index (χ4n) is 3.26. The van der Waals surface area contributed by atoms with E-state index >= 15 is 0 Å². The minimum Gasteiger partial charge on any atom is -0.478 e. The second kappa shape index (κ2) is 7.88. The summed E-state index contributed by atoms with van der Waals surface area (Å²) >= 11 is 0. The van der Waals surface area contributed by atoms with Crippen LogP contribution in [0.25, 0.3) is 22.3 Å². The summed E-state index contributed by atoms with van der Waals surface area (Å²) in [6.07, 6.45) is 0.